The maximum absolute atomic E-state index is 12.9. The van der Waals surface area contributed by atoms with Crippen molar-refractivity contribution in [2.75, 3.05) is 26.8 Å². The fraction of sp³-hybridized carbons (Fsp3) is 0.429. The zero-order valence-corrected chi connectivity index (χ0v) is 16.1. The summed E-state index contributed by atoms with van der Waals surface area (Å²) < 4.78 is 11.1. The molecule has 1 N–H and O–H groups in total. The molecule has 0 saturated carbocycles. The van der Waals surface area contributed by atoms with Gasteiger partial charge in [-0.3, -0.25) is 9.59 Å². The molecule has 1 aromatic carbocycles. The lowest BCUT2D eigenvalue weighted by molar-refractivity contribution is 0.0631. The fourth-order valence-corrected chi connectivity index (χ4v) is 3.56. The van der Waals surface area contributed by atoms with Crippen molar-refractivity contribution < 1.29 is 14.3 Å². The molecule has 3 rings (SSSR count). The number of aromatic nitrogens is 1. The summed E-state index contributed by atoms with van der Waals surface area (Å²) in [5, 5.41) is 0. The van der Waals surface area contributed by atoms with Crippen LogP contribution in [-0.2, 0) is 0 Å². The molecular weight excluding hydrogens is 344 g/mol. The Bertz CT molecular complexity index is 875. The second-order valence-corrected chi connectivity index (χ2v) is 7.07. The number of hydrogen-bond donors (Lipinski definition) is 1. The Balaban J connectivity index is 1.65. The van der Waals surface area contributed by atoms with Gasteiger partial charge >= 0.3 is 0 Å². The highest BCUT2D eigenvalue weighted by Crippen LogP contribution is 2.23. The summed E-state index contributed by atoms with van der Waals surface area (Å²) in [5.41, 5.74) is 1.41. The molecule has 1 aliphatic heterocycles. The molecule has 1 fully saturated rings. The zero-order valence-electron chi connectivity index (χ0n) is 16.1. The fourth-order valence-electron chi connectivity index (χ4n) is 3.56. The van der Waals surface area contributed by atoms with Crippen LogP contribution < -0.4 is 14.9 Å². The normalized spacial score (nSPS) is 16.9. The maximum atomic E-state index is 12.9. The molecule has 1 amide bonds. The third kappa shape index (κ3) is 4.51. The molecule has 27 heavy (non-hydrogen) atoms. The highest BCUT2D eigenvalue weighted by Gasteiger charge is 2.27. The van der Waals surface area contributed by atoms with Crippen LogP contribution in [0.25, 0.3) is 0 Å². The monoisotopic (exact) mass is 370 g/mol. The number of ether oxygens (including phenoxy) is 2. The van der Waals surface area contributed by atoms with Crippen LogP contribution in [0, 0.1) is 19.8 Å². The number of aryl methyl sites for hydroxylation is 2. The molecule has 1 aliphatic rings. The number of pyridine rings is 1. The molecule has 0 spiro atoms. The molecule has 1 saturated heterocycles. The van der Waals surface area contributed by atoms with Gasteiger partial charge < -0.3 is 19.4 Å². The van der Waals surface area contributed by atoms with Crippen LogP contribution in [0.4, 0.5) is 0 Å². The molecule has 6 heteroatoms. The molecule has 1 aromatic heterocycles. The van der Waals surface area contributed by atoms with Crippen LogP contribution >= 0.6 is 0 Å². The van der Waals surface area contributed by atoms with Crippen molar-refractivity contribution in [3.05, 3.63) is 57.5 Å². The second-order valence-electron chi connectivity index (χ2n) is 7.07. The number of benzene rings is 1. The van der Waals surface area contributed by atoms with Gasteiger partial charge in [0.2, 0.25) is 0 Å². The van der Waals surface area contributed by atoms with Gasteiger partial charge in [-0.2, -0.15) is 0 Å². The number of likely N-dealkylation sites (tertiary alicyclic amines) is 1. The molecule has 0 aliphatic carbocycles. The first kappa shape index (κ1) is 19.0. The summed E-state index contributed by atoms with van der Waals surface area (Å²) in [6.07, 6.45) is 1.90. The van der Waals surface area contributed by atoms with Crippen molar-refractivity contribution in [1.82, 2.24) is 9.88 Å². The molecule has 0 radical (unpaired) electrons. The van der Waals surface area contributed by atoms with Crippen molar-refractivity contribution in [1.29, 1.82) is 0 Å². The van der Waals surface area contributed by atoms with E-state index >= 15 is 0 Å². The summed E-state index contributed by atoms with van der Waals surface area (Å²) in [6.45, 7) is 5.38. The van der Waals surface area contributed by atoms with E-state index in [1.54, 1.807) is 18.9 Å². The topological polar surface area (TPSA) is 71.6 Å². The van der Waals surface area contributed by atoms with E-state index in [0.29, 0.717) is 25.4 Å². The standard InChI is InChI=1S/C21H26N2O4/c1-14-10-19(24)20(15(2)22-14)21(25)23-9-5-6-16(12-23)13-27-18-8-4-7-17(11-18)26-3/h4,7-8,10-11,16H,5-6,9,12-13H2,1-3H3,(H,22,24). The van der Waals surface area contributed by atoms with Gasteiger partial charge in [0.05, 0.1) is 13.7 Å². The van der Waals surface area contributed by atoms with Crippen LogP contribution in [0.5, 0.6) is 11.5 Å². The van der Waals surface area contributed by atoms with E-state index in [1.807, 2.05) is 31.2 Å². The minimum Gasteiger partial charge on any atom is -0.497 e. The number of nitrogens with zero attached hydrogens (tertiary/aromatic N) is 1. The maximum Gasteiger partial charge on any atom is 0.259 e. The van der Waals surface area contributed by atoms with Gasteiger partial charge in [-0.15, -0.1) is 0 Å². The molecule has 1 atom stereocenters. The van der Waals surface area contributed by atoms with Crippen LogP contribution in [0.2, 0.25) is 0 Å². The van der Waals surface area contributed by atoms with Gasteiger partial charge in [0.1, 0.15) is 17.1 Å². The molecule has 2 aromatic rings. The Hall–Kier alpha value is -2.76. The summed E-state index contributed by atoms with van der Waals surface area (Å²) >= 11 is 0. The van der Waals surface area contributed by atoms with Gasteiger partial charge in [-0.25, -0.2) is 0 Å². The lowest BCUT2D eigenvalue weighted by Gasteiger charge is -2.32. The Morgan fingerprint density at radius 3 is 2.78 bits per heavy atom. The first-order valence-corrected chi connectivity index (χ1v) is 9.24. The van der Waals surface area contributed by atoms with Crippen molar-refractivity contribution >= 4 is 5.91 Å². The minimum atomic E-state index is -0.219. The van der Waals surface area contributed by atoms with Crippen LogP contribution in [0.15, 0.2) is 35.1 Å². The average molecular weight is 370 g/mol. The van der Waals surface area contributed by atoms with Gasteiger partial charge in [-0.1, -0.05) is 6.07 Å². The Kier molecular flexibility index (Phi) is 5.84. The van der Waals surface area contributed by atoms with Gasteiger partial charge in [0.25, 0.3) is 5.91 Å². The highest BCUT2D eigenvalue weighted by atomic mass is 16.5. The summed E-state index contributed by atoms with van der Waals surface area (Å²) in [7, 11) is 1.62. The van der Waals surface area contributed by atoms with Gasteiger partial charge in [0, 0.05) is 42.5 Å². The first-order valence-electron chi connectivity index (χ1n) is 9.24. The molecule has 1 unspecified atom stereocenters. The largest absolute Gasteiger partial charge is 0.497 e. The molecule has 6 nitrogen and oxygen atoms in total. The third-order valence-corrected chi connectivity index (χ3v) is 4.90. The molecule has 144 valence electrons. The summed E-state index contributed by atoms with van der Waals surface area (Å²) in [6, 6.07) is 8.98. The van der Waals surface area contributed by atoms with E-state index in [2.05, 4.69) is 4.98 Å². The number of carbonyl (C=O) groups excluding carboxylic acids is 1. The number of H-pyrrole nitrogens is 1. The highest BCUT2D eigenvalue weighted by molar-refractivity contribution is 5.95. The van der Waals surface area contributed by atoms with E-state index in [9.17, 15) is 9.59 Å². The SMILES string of the molecule is COc1cccc(OCC2CCCN(C(=O)c3c(C)[nH]c(C)cc3=O)C2)c1. The van der Waals surface area contributed by atoms with E-state index in [0.717, 1.165) is 30.0 Å². The van der Waals surface area contributed by atoms with Gasteiger partial charge in [-0.05, 0) is 38.8 Å². The number of piperidine rings is 1. The lowest BCUT2D eigenvalue weighted by atomic mass is 9.98. The van der Waals surface area contributed by atoms with Crippen molar-refractivity contribution in [2.45, 2.75) is 26.7 Å². The number of hydrogen-bond acceptors (Lipinski definition) is 4. The minimum absolute atomic E-state index is 0.195. The molecule has 2 heterocycles. The van der Waals surface area contributed by atoms with E-state index < -0.39 is 0 Å². The third-order valence-electron chi connectivity index (χ3n) is 4.90. The van der Waals surface area contributed by atoms with Crippen molar-refractivity contribution in [3.8, 4) is 11.5 Å². The zero-order chi connectivity index (χ0) is 19.4. The number of aromatic amines is 1. The average Bonchev–Trinajstić information content (AvgIpc) is 2.66. The summed E-state index contributed by atoms with van der Waals surface area (Å²) in [4.78, 5) is 30.1. The first-order chi connectivity index (χ1) is 13.0. The van der Waals surface area contributed by atoms with E-state index in [4.69, 9.17) is 9.47 Å². The number of nitrogens with one attached hydrogen (secondary N) is 1. The smallest absolute Gasteiger partial charge is 0.259 e. The Labute approximate surface area is 159 Å². The molecule has 0 bridgehead atoms. The van der Waals surface area contributed by atoms with Crippen LogP contribution in [0.3, 0.4) is 0 Å². The van der Waals surface area contributed by atoms with Crippen molar-refractivity contribution in [2.24, 2.45) is 5.92 Å². The lowest BCUT2D eigenvalue weighted by Crippen LogP contribution is -2.43. The Morgan fingerprint density at radius 1 is 1.26 bits per heavy atom. The number of carbonyl (C=O) groups is 1. The second kappa shape index (κ2) is 8.29. The quantitative estimate of drug-likeness (QED) is 0.878. The van der Waals surface area contributed by atoms with Gasteiger partial charge in [0.15, 0.2) is 5.43 Å². The molecular formula is C21H26N2O4. The predicted octanol–water partition coefficient (Wildman–Crippen LogP) is 2.93. The van der Waals surface area contributed by atoms with E-state index in [-0.39, 0.29) is 22.8 Å². The number of amides is 1. The number of methoxy groups -OCH3 is 1. The van der Waals surface area contributed by atoms with Crippen LogP contribution in [0.1, 0.15) is 34.6 Å². The van der Waals surface area contributed by atoms with Crippen molar-refractivity contribution in [3.63, 3.8) is 0 Å². The summed E-state index contributed by atoms with van der Waals surface area (Å²) in [5.74, 6) is 1.55. The van der Waals surface area contributed by atoms with Crippen LogP contribution in [-0.4, -0.2) is 42.6 Å². The number of rotatable bonds is 5. The van der Waals surface area contributed by atoms with E-state index in [1.165, 1.54) is 6.07 Å². The Morgan fingerprint density at radius 2 is 2.04 bits per heavy atom. The predicted molar refractivity (Wildman–Crippen MR) is 104 cm³/mol.